The molecule has 1 aromatic heterocycles. The summed E-state index contributed by atoms with van der Waals surface area (Å²) in [6, 6.07) is 10.1. The zero-order valence-electron chi connectivity index (χ0n) is 13.1. The molecule has 0 saturated carbocycles. The van der Waals surface area contributed by atoms with Crippen molar-refractivity contribution >= 4 is 11.6 Å². The van der Waals surface area contributed by atoms with Gasteiger partial charge < -0.3 is 9.73 Å². The average molecular weight is 304 g/mol. The van der Waals surface area contributed by atoms with Gasteiger partial charge in [-0.15, -0.1) is 0 Å². The Hall–Kier alpha value is -2.14. The van der Waals surface area contributed by atoms with Crippen molar-refractivity contribution in [1.29, 1.82) is 0 Å². The summed E-state index contributed by atoms with van der Waals surface area (Å²) in [6.45, 7) is 6.61. The van der Waals surface area contributed by atoms with Gasteiger partial charge >= 0.3 is 0 Å². The summed E-state index contributed by atoms with van der Waals surface area (Å²) in [5.41, 5.74) is 0.199. The van der Waals surface area contributed by atoms with E-state index in [1.165, 1.54) is 6.07 Å². The number of rotatable bonds is 6. The molecule has 1 aromatic carbocycles. The molecule has 0 bridgehead atoms. The Morgan fingerprint density at radius 1 is 1.27 bits per heavy atom. The van der Waals surface area contributed by atoms with Crippen molar-refractivity contribution in [2.75, 3.05) is 11.9 Å². The van der Waals surface area contributed by atoms with E-state index in [2.05, 4.69) is 5.32 Å². The molecule has 22 heavy (non-hydrogen) atoms. The van der Waals surface area contributed by atoms with Crippen LogP contribution in [0.25, 0.3) is 0 Å². The van der Waals surface area contributed by atoms with E-state index in [-0.39, 0.29) is 24.2 Å². The van der Waals surface area contributed by atoms with Crippen LogP contribution < -0.4 is 5.32 Å². The first-order valence-electron chi connectivity index (χ1n) is 7.29. The van der Waals surface area contributed by atoms with Crippen LogP contribution in [0, 0.1) is 12.7 Å². The van der Waals surface area contributed by atoms with Gasteiger partial charge in [0, 0.05) is 6.04 Å². The van der Waals surface area contributed by atoms with E-state index in [4.69, 9.17) is 4.42 Å². The van der Waals surface area contributed by atoms with Crippen LogP contribution in [0.3, 0.4) is 0 Å². The Bertz CT molecular complexity index is 637. The van der Waals surface area contributed by atoms with Crippen molar-refractivity contribution in [1.82, 2.24) is 4.90 Å². The predicted molar refractivity (Wildman–Crippen MR) is 84.0 cm³/mol. The van der Waals surface area contributed by atoms with Crippen molar-refractivity contribution in [3.63, 3.8) is 0 Å². The highest BCUT2D eigenvalue weighted by atomic mass is 19.1. The Morgan fingerprint density at radius 2 is 2.00 bits per heavy atom. The summed E-state index contributed by atoms with van der Waals surface area (Å²) in [7, 11) is 0. The van der Waals surface area contributed by atoms with Crippen LogP contribution in [0.5, 0.6) is 0 Å². The molecule has 0 unspecified atom stereocenters. The summed E-state index contributed by atoms with van der Waals surface area (Å²) in [5.74, 6) is 0.968. The minimum Gasteiger partial charge on any atom is -0.465 e. The molecule has 0 aliphatic heterocycles. The summed E-state index contributed by atoms with van der Waals surface area (Å²) in [6.07, 6.45) is 0. The predicted octanol–water partition coefficient (Wildman–Crippen LogP) is 3.58. The number of nitrogens with one attached hydrogen (secondary N) is 1. The number of nitrogens with zero attached hydrogens (tertiary/aromatic N) is 1. The van der Waals surface area contributed by atoms with Crippen LogP contribution >= 0.6 is 0 Å². The van der Waals surface area contributed by atoms with Gasteiger partial charge in [0.05, 0.1) is 18.8 Å². The molecular weight excluding hydrogens is 283 g/mol. The van der Waals surface area contributed by atoms with Crippen LogP contribution in [0.2, 0.25) is 0 Å². The van der Waals surface area contributed by atoms with Gasteiger partial charge in [-0.25, -0.2) is 4.39 Å². The maximum Gasteiger partial charge on any atom is 0.238 e. The number of carbonyl (C=O) groups excluding carboxylic acids is 1. The lowest BCUT2D eigenvalue weighted by atomic mass is 10.2. The third kappa shape index (κ3) is 4.43. The zero-order chi connectivity index (χ0) is 16.1. The fourth-order valence-corrected chi connectivity index (χ4v) is 2.13. The monoisotopic (exact) mass is 304 g/mol. The minimum atomic E-state index is -0.436. The van der Waals surface area contributed by atoms with Crippen molar-refractivity contribution < 1.29 is 13.6 Å². The van der Waals surface area contributed by atoms with Crippen LogP contribution in [0.15, 0.2) is 40.8 Å². The lowest BCUT2D eigenvalue weighted by molar-refractivity contribution is -0.118. The van der Waals surface area contributed by atoms with Crippen molar-refractivity contribution in [2.45, 2.75) is 33.4 Å². The first-order valence-corrected chi connectivity index (χ1v) is 7.29. The molecule has 0 saturated heterocycles. The molecule has 0 aliphatic rings. The van der Waals surface area contributed by atoms with Crippen LogP contribution in [-0.2, 0) is 11.3 Å². The number of hydrogen-bond donors (Lipinski definition) is 1. The second-order valence-corrected chi connectivity index (χ2v) is 5.54. The number of anilines is 1. The lowest BCUT2D eigenvalue weighted by Gasteiger charge is -2.24. The lowest BCUT2D eigenvalue weighted by Crippen LogP contribution is -2.37. The molecule has 1 N–H and O–H groups in total. The third-order valence-corrected chi connectivity index (χ3v) is 3.38. The highest BCUT2D eigenvalue weighted by Gasteiger charge is 2.17. The quantitative estimate of drug-likeness (QED) is 0.887. The largest absolute Gasteiger partial charge is 0.465 e. The molecule has 1 amide bonds. The fraction of sp³-hybridized carbons (Fsp3) is 0.353. The highest BCUT2D eigenvalue weighted by molar-refractivity contribution is 5.92. The summed E-state index contributed by atoms with van der Waals surface area (Å²) in [5, 5.41) is 2.60. The number of para-hydroxylation sites is 1. The topological polar surface area (TPSA) is 45.5 Å². The minimum absolute atomic E-state index is 0.164. The Kier molecular flexibility index (Phi) is 5.33. The van der Waals surface area contributed by atoms with Crippen LogP contribution in [-0.4, -0.2) is 23.4 Å². The molecular formula is C17H21FN2O2. The van der Waals surface area contributed by atoms with Crippen molar-refractivity contribution in [3.8, 4) is 0 Å². The number of halogens is 1. The van der Waals surface area contributed by atoms with E-state index in [1.807, 2.05) is 37.8 Å². The molecule has 0 atom stereocenters. The molecule has 5 heteroatoms. The van der Waals surface area contributed by atoms with Crippen molar-refractivity contribution in [2.24, 2.45) is 0 Å². The SMILES string of the molecule is Cc1ccc(CN(CC(=O)Nc2ccccc2F)C(C)C)o1. The van der Waals surface area contributed by atoms with E-state index < -0.39 is 5.82 Å². The van der Waals surface area contributed by atoms with Crippen LogP contribution in [0.4, 0.5) is 10.1 Å². The van der Waals surface area contributed by atoms with Crippen LogP contribution in [0.1, 0.15) is 25.4 Å². The zero-order valence-corrected chi connectivity index (χ0v) is 13.1. The summed E-state index contributed by atoms with van der Waals surface area (Å²) >= 11 is 0. The summed E-state index contributed by atoms with van der Waals surface area (Å²) in [4.78, 5) is 14.1. The van der Waals surface area contributed by atoms with E-state index in [9.17, 15) is 9.18 Å². The number of hydrogen-bond acceptors (Lipinski definition) is 3. The van der Waals surface area contributed by atoms with E-state index >= 15 is 0 Å². The van der Waals surface area contributed by atoms with E-state index in [0.29, 0.717) is 6.54 Å². The van der Waals surface area contributed by atoms with E-state index in [1.54, 1.807) is 18.2 Å². The molecule has 1 heterocycles. The van der Waals surface area contributed by atoms with E-state index in [0.717, 1.165) is 11.5 Å². The van der Waals surface area contributed by atoms with Crippen molar-refractivity contribution in [3.05, 3.63) is 53.7 Å². The number of aryl methyl sites for hydroxylation is 1. The second kappa shape index (κ2) is 7.22. The molecule has 0 spiro atoms. The first-order chi connectivity index (χ1) is 10.5. The van der Waals surface area contributed by atoms with Gasteiger partial charge in [-0.1, -0.05) is 12.1 Å². The molecule has 4 nitrogen and oxygen atoms in total. The van der Waals surface area contributed by atoms with Gasteiger partial charge in [-0.2, -0.15) is 0 Å². The third-order valence-electron chi connectivity index (χ3n) is 3.38. The van der Waals surface area contributed by atoms with Gasteiger partial charge in [-0.3, -0.25) is 9.69 Å². The van der Waals surface area contributed by atoms with Gasteiger partial charge in [0.2, 0.25) is 5.91 Å². The van der Waals surface area contributed by atoms with Gasteiger partial charge in [-0.05, 0) is 45.0 Å². The number of furan rings is 1. The smallest absolute Gasteiger partial charge is 0.238 e. The van der Waals surface area contributed by atoms with Gasteiger partial charge in [0.15, 0.2) is 0 Å². The molecule has 2 aromatic rings. The Morgan fingerprint density at radius 3 is 2.59 bits per heavy atom. The molecule has 0 radical (unpaired) electrons. The maximum absolute atomic E-state index is 13.6. The fourth-order valence-electron chi connectivity index (χ4n) is 2.13. The Labute approximate surface area is 129 Å². The van der Waals surface area contributed by atoms with Gasteiger partial charge in [0.25, 0.3) is 0 Å². The molecule has 0 fully saturated rings. The number of carbonyl (C=O) groups is 1. The highest BCUT2D eigenvalue weighted by Crippen LogP contribution is 2.14. The summed E-state index contributed by atoms with van der Waals surface area (Å²) < 4.78 is 19.1. The standard InChI is InChI=1S/C17H21FN2O2/c1-12(2)20(10-14-9-8-13(3)22-14)11-17(21)19-16-7-5-4-6-15(16)18/h4-9,12H,10-11H2,1-3H3,(H,19,21). The molecule has 2 rings (SSSR count). The Balaban J connectivity index is 1.98. The van der Waals surface area contributed by atoms with Gasteiger partial charge in [0.1, 0.15) is 17.3 Å². The normalized spacial score (nSPS) is 11.2. The number of amides is 1. The second-order valence-electron chi connectivity index (χ2n) is 5.54. The number of benzene rings is 1. The molecule has 0 aliphatic carbocycles. The first kappa shape index (κ1) is 16.2. The maximum atomic E-state index is 13.6. The average Bonchev–Trinajstić information content (AvgIpc) is 2.86. The molecule has 118 valence electrons.